The van der Waals surface area contributed by atoms with E-state index in [-0.39, 0.29) is 29.1 Å². The normalized spacial score (nSPS) is 21.1. The molecule has 2 N–H and O–H groups in total. The Kier molecular flexibility index (Phi) is 6.88. The van der Waals surface area contributed by atoms with E-state index in [0.29, 0.717) is 17.5 Å². The van der Waals surface area contributed by atoms with Gasteiger partial charge in [-0.05, 0) is 97.1 Å². The Labute approximate surface area is 223 Å². The van der Waals surface area contributed by atoms with Gasteiger partial charge in [0.05, 0.1) is 11.2 Å². The van der Waals surface area contributed by atoms with E-state index in [1.165, 1.54) is 12.1 Å². The third kappa shape index (κ3) is 5.23. The van der Waals surface area contributed by atoms with Crippen LogP contribution in [0, 0.1) is 23.7 Å². The number of anilines is 1. The van der Waals surface area contributed by atoms with Crippen molar-refractivity contribution in [1.29, 1.82) is 0 Å². The Balaban J connectivity index is 1.35. The molecule has 1 atom stereocenters. The molecule has 3 aliphatic rings. The molecule has 0 spiro atoms. The average molecular weight is 525 g/mol. The lowest BCUT2D eigenvalue weighted by atomic mass is 9.80. The topological polar surface area (TPSA) is 107 Å². The second-order valence-corrected chi connectivity index (χ2v) is 12.1. The van der Waals surface area contributed by atoms with Crippen LogP contribution in [-0.4, -0.2) is 50.9 Å². The third-order valence-corrected chi connectivity index (χ3v) is 8.31. The molecule has 0 radical (unpaired) electrons. The second-order valence-electron chi connectivity index (χ2n) is 12.1. The first-order valence-corrected chi connectivity index (χ1v) is 13.6. The monoisotopic (exact) mass is 525 g/mol. The van der Waals surface area contributed by atoms with Crippen molar-refractivity contribution >= 4 is 30.2 Å². The van der Waals surface area contributed by atoms with Crippen LogP contribution >= 0.6 is 0 Å². The van der Waals surface area contributed by atoms with E-state index in [1.807, 2.05) is 41.5 Å². The van der Waals surface area contributed by atoms with E-state index in [4.69, 9.17) is 9.31 Å². The number of hydrogen-bond acceptors (Lipinski definition) is 6. The number of nitrogens with zero attached hydrogens (tertiary/aromatic N) is 3. The first kappa shape index (κ1) is 26.8. The van der Waals surface area contributed by atoms with Crippen molar-refractivity contribution in [2.75, 3.05) is 5.32 Å². The first-order valence-electron chi connectivity index (χ1n) is 13.6. The maximum absolute atomic E-state index is 15.1. The molecule has 9 nitrogen and oxygen atoms in total. The number of carbonyl (C=O) groups excluding carboxylic acids is 2. The Hall–Kier alpha value is -2.79. The minimum Gasteiger partial charge on any atom is -0.399 e. The summed E-state index contributed by atoms with van der Waals surface area (Å²) < 4.78 is 28.6. The molecule has 2 saturated carbocycles. The van der Waals surface area contributed by atoms with Crippen LogP contribution in [0.25, 0.3) is 0 Å². The fourth-order valence-corrected chi connectivity index (χ4v) is 5.21. The summed E-state index contributed by atoms with van der Waals surface area (Å²) in [5.41, 5.74) is -0.663. The van der Waals surface area contributed by atoms with E-state index in [2.05, 4.69) is 20.7 Å². The molecule has 2 aromatic rings. The van der Waals surface area contributed by atoms with Gasteiger partial charge >= 0.3 is 7.12 Å². The summed E-state index contributed by atoms with van der Waals surface area (Å²) in [5, 5.41) is 10.00. The van der Waals surface area contributed by atoms with Gasteiger partial charge in [-0.15, -0.1) is 0 Å². The molecule has 3 fully saturated rings. The number of halogens is 1. The maximum atomic E-state index is 15.1. The molecule has 0 bridgehead atoms. The lowest BCUT2D eigenvalue weighted by Gasteiger charge is -2.32. The molecule has 1 unspecified atom stereocenters. The smallest absolute Gasteiger partial charge is 0.399 e. The van der Waals surface area contributed by atoms with Gasteiger partial charge in [0.25, 0.3) is 5.91 Å². The Morgan fingerprint density at radius 2 is 1.66 bits per heavy atom. The van der Waals surface area contributed by atoms with Crippen molar-refractivity contribution in [3.63, 3.8) is 0 Å². The standard InChI is InChI=1S/C27H37BFN5O4/c1-15(2)34-19(13-14-30-34)24(35)33-22(21(16-7-8-16)17-9-10-17)25(36)32-20-12-11-18(23(29)31-20)28-37-26(3,4)27(5,6)38-28/h11-17,21-22H,7-10H2,1-6H3,(H,33,35)(H,31,32,36). The van der Waals surface area contributed by atoms with Gasteiger partial charge in [-0.3, -0.25) is 14.3 Å². The first-order chi connectivity index (χ1) is 17.9. The summed E-state index contributed by atoms with van der Waals surface area (Å²) in [6.07, 6.45) is 5.75. The molecular formula is C27H37BFN5O4. The van der Waals surface area contributed by atoms with Crippen LogP contribution < -0.4 is 16.1 Å². The van der Waals surface area contributed by atoms with Gasteiger partial charge in [0.15, 0.2) is 0 Å². The van der Waals surface area contributed by atoms with Gasteiger partial charge in [-0.25, -0.2) is 4.98 Å². The quantitative estimate of drug-likeness (QED) is 0.384. The molecule has 38 heavy (non-hydrogen) atoms. The van der Waals surface area contributed by atoms with Crippen LogP contribution in [0.2, 0.25) is 0 Å². The highest BCUT2D eigenvalue weighted by atomic mass is 19.1. The minimum atomic E-state index is -0.899. The summed E-state index contributed by atoms with van der Waals surface area (Å²) in [5.74, 6) is -0.629. The highest BCUT2D eigenvalue weighted by Crippen LogP contribution is 2.51. The molecule has 204 valence electrons. The molecule has 1 saturated heterocycles. The summed E-state index contributed by atoms with van der Waals surface area (Å²) in [7, 11) is -0.899. The van der Waals surface area contributed by atoms with Gasteiger partial charge in [-0.2, -0.15) is 9.49 Å². The Bertz CT molecular complexity index is 1200. The summed E-state index contributed by atoms with van der Waals surface area (Å²) >= 11 is 0. The predicted molar refractivity (Wildman–Crippen MR) is 141 cm³/mol. The fraction of sp³-hybridized carbons (Fsp3) is 0.630. The van der Waals surface area contributed by atoms with Gasteiger partial charge in [0.2, 0.25) is 11.9 Å². The zero-order chi connectivity index (χ0) is 27.4. The van der Waals surface area contributed by atoms with Crippen LogP contribution in [0.5, 0.6) is 0 Å². The summed E-state index contributed by atoms with van der Waals surface area (Å²) in [6.45, 7) is 11.5. The minimum absolute atomic E-state index is 0.00430. The van der Waals surface area contributed by atoms with E-state index in [0.717, 1.165) is 25.7 Å². The Morgan fingerprint density at radius 3 is 2.18 bits per heavy atom. The van der Waals surface area contributed by atoms with Crippen molar-refractivity contribution < 1.29 is 23.3 Å². The van der Waals surface area contributed by atoms with Gasteiger partial charge in [-0.1, -0.05) is 6.07 Å². The molecular weight excluding hydrogens is 488 g/mol. The molecule has 2 aliphatic carbocycles. The maximum Gasteiger partial charge on any atom is 0.499 e. The highest BCUT2D eigenvalue weighted by molar-refractivity contribution is 6.62. The van der Waals surface area contributed by atoms with Crippen molar-refractivity contribution in [3.05, 3.63) is 36.0 Å². The Morgan fingerprint density at radius 1 is 1.05 bits per heavy atom. The molecule has 11 heteroatoms. The lowest BCUT2D eigenvalue weighted by Crippen LogP contribution is -2.50. The number of hydrogen-bond donors (Lipinski definition) is 2. The number of rotatable bonds is 9. The molecule has 5 rings (SSSR count). The lowest BCUT2D eigenvalue weighted by molar-refractivity contribution is -0.119. The van der Waals surface area contributed by atoms with E-state index < -0.39 is 36.2 Å². The predicted octanol–water partition coefficient (Wildman–Crippen LogP) is 3.47. The zero-order valence-corrected chi connectivity index (χ0v) is 23.0. The van der Waals surface area contributed by atoms with Gasteiger partial charge < -0.3 is 19.9 Å². The average Bonchev–Trinajstić information content (AvgIpc) is 3.76. The number of amides is 2. The van der Waals surface area contributed by atoms with Crippen molar-refractivity contribution in [2.45, 2.75) is 90.5 Å². The van der Waals surface area contributed by atoms with Crippen LogP contribution in [0.3, 0.4) is 0 Å². The van der Waals surface area contributed by atoms with Gasteiger partial charge in [0, 0.05) is 17.7 Å². The van der Waals surface area contributed by atoms with Crippen LogP contribution in [-0.2, 0) is 14.1 Å². The molecule has 1 aliphatic heterocycles. The van der Waals surface area contributed by atoms with E-state index in [1.54, 1.807) is 16.9 Å². The number of pyridine rings is 1. The molecule has 2 amide bonds. The van der Waals surface area contributed by atoms with Crippen molar-refractivity contribution in [2.24, 2.45) is 17.8 Å². The van der Waals surface area contributed by atoms with Crippen LogP contribution in [0.15, 0.2) is 24.4 Å². The van der Waals surface area contributed by atoms with Crippen molar-refractivity contribution in [3.8, 4) is 0 Å². The highest BCUT2D eigenvalue weighted by Gasteiger charge is 2.53. The summed E-state index contributed by atoms with van der Waals surface area (Å²) in [6, 6.07) is 3.95. The van der Waals surface area contributed by atoms with E-state index in [9.17, 15) is 9.59 Å². The molecule has 2 aromatic heterocycles. The molecule has 3 heterocycles. The third-order valence-electron chi connectivity index (χ3n) is 8.31. The number of aromatic nitrogens is 3. The summed E-state index contributed by atoms with van der Waals surface area (Å²) in [4.78, 5) is 30.9. The van der Waals surface area contributed by atoms with Crippen LogP contribution in [0.1, 0.15) is 83.8 Å². The SMILES string of the molecule is CC(C)n1nccc1C(=O)NC(C(=O)Nc1ccc(B2OC(C)(C)C(C)(C)O2)c(F)n1)C(C1CC1)C1CC1. The van der Waals surface area contributed by atoms with Crippen LogP contribution in [0.4, 0.5) is 10.2 Å². The van der Waals surface area contributed by atoms with E-state index >= 15 is 4.39 Å². The largest absolute Gasteiger partial charge is 0.499 e. The molecule has 0 aromatic carbocycles. The van der Waals surface area contributed by atoms with Crippen molar-refractivity contribution in [1.82, 2.24) is 20.1 Å². The number of nitrogens with one attached hydrogen (secondary N) is 2. The van der Waals surface area contributed by atoms with Gasteiger partial charge in [0.1, 0.15) is 17.6 Å². The zero-order valence-electron chi connectivity index (χ0n) is 23.0. The second kappa shape index (κ2) is 9.75. The number of carbonyl (C=O) groups is 2. The fourth-order valence-electron chi connectivity index (χ4n) is 5.21.